The summed E-state index contributed by atoms with van der Waals surface area (Å²) in [5.41, 5.74) is 0. The van der Waals surface area contributed by atoms with Gasteiger partial charge in [0.15, 0.2) is 0 Å². The summed E-state index contributed by atoms with van der Waals surface area (Å²) in [6, 6.07) is 0.806. The number of likely N-dealkylation sites (tertiary alicyclic amines) is 1. The van der Waals surface area contributed by atoms with Crippen molar-refractivity contribution in [1.82, 2.24) is 4.90 Å². The number of rotatable bonds is 1. The number of hydrogen-bond acceptors (Lipinski definition) is 2. The molecule has 1 heterocycles. The molecule has 1 aliphatic heterocycles. The van der Waals surface area contributed by atoms with Gasteiger partial charge in [-0.15, -0.1) is 0 Å². The number of Topliss-reactive ketones (excluding diaryl/α,β-unsaturated/α-hetero) is 1. The van der Waals surface area contributed by atoms with E-state index >= 15 is 0 Å². The molecule has 1 saturated carbocycles. The van der Waals surface area contributed by atoms with Crippen molar-refractivity contribution < 1.29 is 4.79 Å². The van der Waals surface area contributed by atoms with Crippen LogP contribution in [0.25, 0.3) is 0 Å². The first-order valence-corrected chi connectivity index (χ1v) is 4.95. The minimum Gasteiger partial charge on any atom is -0.299 e. The summed E-state index contributed by atoms with van der Waals surface area (Å²) in [6.45, 7) is 6.37. The van der Waals surface area contributed by atoms with Crippen LogP contribution in [0.5, 0.6) is 0 Å². The minimum absolute atomic E-state index is 0.284. The number of ketones is 1. The van der Waals surface area contributed by atoms with E-state index in [0.29, 0.717) is 5.78 Å². The maximum absolute atomic E-state index is 11.2. The molecule has 2 rings (SSSR count). The summed E-state index contributed by atoms with van der Waals surface area (Å²) in [6.07, 6.45) is 2.13. The third-order valence-electron chi connectivity index (χ3n) is 3.24. The molecular formula is C10H17NO. The van der Waals surface area contributed by atoms with Gasteiger partial charge in [-0.2, -0.15) is 0 Å². The zero-order valence-corrected chi connectivity index (χ0v) is 7.92. The second-order valence-electron chi connectivity index (χ2n) is 4.39. The van der Waals surface area contributed by atoms with Crippen LogP contribution >= 0.6 is 0 Å². The highest BCUT2D eigenvalue weighted by Crippen LogP contribution is 2.36. The molecule has 1 saturated heterocycles. The molecule has 2 nitrogen and oxygen atoms in total. The monoisotopic (exact) mass is 167 g/mol. The van der Waals surface area contributed by atoms with Gasteiger partial charge in [-0.1, -0.05) is 13.8 Å². The van der Waals surface area contributed by atoms with Gasteiger partial charge in [0.05, 0.1) is 0 Å². The Bertz CT molecular complexity index is 202. The summed E-state index contributed by atoms with van der Waals surface area (Å²) in [5, 5.41) is 0. The first-order valence-electron chi connectivity index (χ1n) is 4.95. The largest absolute Gasteiger partial charge is 0.299 e. The van der Waals surface area contributed by atoms with Gasteiger partial charge < -0.3 is 0 Å². The lowest BCUT2D eigenvalue weighted by molar-refractivity contribution is -0.125. The van der Waals surface area contributed by atoms with E-state index in [1.807, 2.05) is 0 Å². The molecule has 0 radical (unpaired) electrons. The molecule has 1 aliphatic carbocycles. The van der Waals surface area contributed by atoms with Gasteiger partial charge in [-0.25, -0.2) is 0 Å². The van der Waals surface area contributed by atoms with Crippen molar-refractivity contribution in [2.24, 2.45) is 11.8 Å². The third kappa shape index (κ3) is 1.40. The van der Waals surface area contributed by atoms with Gasteiger partial charge in [0.1, 0.15) is 5.78 Å². The number of hydrogen-bond donors (Lipinski definition) is 0. The van der Waals surface area contributed by atoms with Gasteiger partial charge in [0.25, 0.3) is 0 Å². The van der Waals surface area contributed by atoms with E-state index in [4.69, 9.17) is 0 Å². The van der Waals surface area contributed by atoms with Crippen LogP contribution in [0.1, 0.15) is 26.7 Å². The Morgan fingerprint density at radius 2 is 2.08 bits per heavy atom. The van der Waals surface area contributed by atoms with Crippen LogP contribution in [0.15, 0.2) is 0 Å². The standard InChI is InChI=1S/C10H17NO/c1-7-5-9(7)11-4-3-10(12)8(2)6-11/h7-9H,3-6H2,1-2H3. The predicted octanol–water partition coefficient (Wildman–Crippen LogP) is 1.31. The second kappa shape index (κ2) is 2.84. The summed E-state index contributed by atoms with van der Waals surface area (Å²) in [4.78, 5) is 13.7. The van der Waals surface area contributed by atoms with Crippen LogP contribution in [0.4, 0.5) is 0 Å². The summed E-state index contributed by atoms with van der Waals surface area (Å²) < 4.78 is 0. The Morgan fingerprint density at radius 3 is 2.58 bits per heavy atom. The van der Waals surface area contributed by atoms with Crippen LogP contribution < -0.4 is 0 Å². The van der Waals surface area contributed by atoms with Crippen molar-refractivity contribution in [2.45, 2.75) is 32.7 Å². The molecule has 2 fully saturated rings. The number of nitrogens with zero attached hydrogens (tertiary/aromatic N) is 1. The van der Waals surface area contributed by atoms with Crippen LogP contribution in [0.2, 0.25) is 0 Å². The predicted molar refractivity (Wildman–Crippen MR) is 47.9 cm³/mol. The maximum atomic E-state index is 11.2. The van der Waals surface area contributed by atoms with Crippen LogP contribution in [0, 0.1) is 11.8 Å². The van der Waals surface area contributed by atoms with E-state index < -0.39 is 0 Å². The fraction of sp³-hybridized carbons (Fsp3) is 0.900. The molecule has 0 amide bonds. The Hall–Kier alpha value is -0.370. The topological polar surface area (TPSA) is 20.3 Å². The molecule has 0 bridgehead atoms. The lowest BCUT2D eigenvalue weighted by Crippen LogP contribution is -2.41. The highest BCUT2D eigenvalue weighted by atomic mass is 16.1. The highest BCUT2D eigenvalue weighted by molar-refractivity contribution is 5.81. The Morgan fingerprint density at radius 1 is 1.42 bits per heavy atom. The lowest BCUT2D eigenvalue weighted by Gasteiger charge is -2.30. The molecule has 0 aromatic rings. The highest BCUT2D eigenvalue weighted by Gasteiger charge is 2.40. The van der Waals surface area contributed by atoms with Crippen molar-refractivity contribution in [1.29, 1.82) is 0 Å². The molecule has 2 heteroatoms. The van der Waals surface area contributed by atoms with E-state index in [1.165, 1.54) is 6.42 Å². The molecule has 0 aromatic heterocycles. The molecule has 68 valence electrons. The molecule has 0 spiro atoms. The second-order valence-corrected chi connectivity index (χ2v) is 4.39. The SMILES string of the molecule is CC1CN(C2CC2C)CCC1=O. The van der Waals surface area contributed by atoms with Crippen molar-refractivity contribution in [2.75, 3.05) is 13.1 Å². The molecule has 2 aliphatic rings. The average molecular weight is 167 g/mol. The van der Waals surface area contributed by atoms with Crippen molar-refractivity contribution in [3.63, 3.8) is 0 Å². The first kappa shape index (κ1) is 8.24. The maximum Gasteiger partial charge on any atom is 0.138 e. The minimum atomic E-state index is 0.284. The van der Waals surface area contributed by atoms with Crippen LogP contribution in [-0.2, 0) is 4.79 Å². The van der Waals surface area contributed by atoms with Crippen LogP contribution in [0.3, 0.4) is 0 Å². The van der Waals surface area contributed by atoms with Gasteiger partial charge in [-0.3, -0.25) is 9.69 Å². The molecule has 0 aromatic carbocycles. The average Bonchev–Trinajstić information content (AvgIpc) is 2.73. The van der Waals surface area contributed by atoms with Crippen molar-refractivity contribution >= 4 is 5.78 Å². The first-order chi connectivity index (χ1) is 5.68. The summed E-state index contributed by atoms with van der Waals surface area (Å²) in [7, 11) is 0. The van der Waals surface area contributed by atoms with E-state index in [1.54, 1.807) is 0 Å². The molecule has 12 heavy (non-hydrogen) atoms. The molecule has 0 N–H and O–H groups in total. The van der Waals surface area contributed by atoms with Gasteiger partial charge in [0.2, 0.25) is 0 Å². The van der Waals surface area contributed by atoms with Gasteiger partial charge >= 0.3 is 0 Å². The summed E-state index contributed by atoms with van der Waals surface area (Å²) in [5.74, 6) is 1.62. The Kier molecular flexibility index (Phi) is 1.95. The van der Waals surface area contributed by atoms with E-state index in [0.717, 1.165) is 31.5 Å². The zero-order valence-electron chi connectivity index (χ0n) is 7.92. The number of piperidine rings is 1. The zero-order chi connectivity index (χ0) is 8.72. The van der Waals surface area contributed by atoms with Gasteiger partial charge in [0, 0.05) is 31.5 Å². The number of carbonyl (C=O) groups excluding carboxylic acids is 1. The van der Waals surface area contributed by atoms with Crippen molar-refractivity contribution in [3.8, 4) is 0 Å². The van der Waals surface area contributed by atoms with E-state index in [9.17, 15) is 4.79 Å². The van der Waals surface area contributed by atoms with E-state index in [2.05, 4.69) is 18.7 Å². The third-order valence-corrected chi connectivity index (χ3v) is 3.24. The molecular weight excluding hydrogens is 150 g/mol. The normalized spacial score (nSPS) is 43.2. The molecule has 3 atom stereocenters. The smallest absolute Gasteiger partial charge is 0.138 e. The van der Waals surface area contributed by atoms with Gasteiger partial charge in [-0.05, 0) is 12.3 Å². The van der Waals surface area contributed by atoms with E-state index in [-0.39, 0.29) is 5.92 Å². The Balaban J connectivity index is 1.90. The van der Waals surface area contributed by atoms with Crippen molar-refractivity contribution in [3.05, 3.63) is 0 Å². The lowest BCUT2D eigenvalue weighted by atomic mass is 9.98. The summed E-state index contributed by atoms with van der Waals surface area (Å²) >= 11 is 0. The quantitative estimate of drug-likeness (QED) is 0.587. The fourth-order valence-corrected chi connectivity index (χ4v) is 2.16. The fourth-order valence-electron chi connectivity index (χ4n) is 2.16. The molecule has 3 unspecified atom stereocenters. The Labute approximate surface area is 73.9 Å². The number of carbonyl (C=O) groups is 1. The van der Waals surface area contributed by atoms with Crippen LogP contribution in [-0.4, -0.2) is 29.8 Å².